The summed E-state index contributed by atoms with van der Waals surface area (Å²) >= 11 is 0. The third kappa shape index (κ3) is 2.76. The zero-order valence-electron chi connectivity index (χ0n) is 12.1. The summed E-state index contributed by atoms with van der Waals surface area (Å²) in [5, 5.41) is 2.95. The fourth-order valence-corrected chi connectivity index (χ4v) is 2.99. The van der Waals surface area contributed by atoms with Crippen LogP contribution in [-0.2, 0) is 14.3 Å². The van der Waals surface area contributed by atoms with Crippen molar-refractivity contribution in [3.63, 3.8) is 0 Å². The Morgan fingerprint density at radius 3 is 2.58 bits per heavy atom. The maximum atomic E-state index is 12.6. The summed E-state index contributed by atoms with van der Waals surface area (Å²) in [5.74, 6) is 0.0375. The first kappa shape index (κ1) is 14.3. The minimum atomic E-state index is -0.624. The van der Waals surface area contributed by atoms with Crippen LogP contribution in [0, 0.1) is 0 Å². The van der Waals surface area contributed by atoms with Gasteiger partial charge in [0.1, 0.15) is 11.6 Å². The highest BCUT2D eigenvalue weighted by atomic mass is 16.5. The lowest BCUT2D eigenvalue weighted by Gasteiger charge is -2.43. The van der Waals surface area contributed by atoms with Crippen LogP contribution in [0.3, 0.4) is 0 Å². The Hall–Kier alpha value is -1.10. The second-order valence-corrected chi connectivity index (χ2v) is 5.87. The van der Waals surface area contributed by atoms with E-state index in [0.29, 0.717) is 13.2 Å². The smallest absolute Gasteiger partial charge is 0.249 e. The number of rotatable bonds is 4. The van der Waals surface area contributed by atoms with Crippen LogP contribution in [0.25, 0.3) is 0 Å². The first-order valence-corrected chi connectivity index (χ1v) is 7.21. The molecule has 2 amide bonds. The second kappa shape index (κ2) is 5.49. The summed E-state index contributed by atoms with van der Waals surface area (Å²) in [4.78, 5) is 26.4. The predicted octanol–water partition coefficient (Wildman–Crippen LogP) is 1.07. The Morgan fingerprint density at radius 2 is 2.00 bits per heavy atom. The normalized spacial score (nSPS) is 26.3. The van der Waals surface area contributed by atoms with Gasteiger partial charge in [-0.15, -0.1) is 0 Å². The molecule has 0 bridgehead atoms. The van der Waals surface area contributed by atoms with Gasteiger partial charge in [-0.2, -0.15) is 0 Å². The average Bonchev–Trinajstić information content (AvgIpc) is 2.80. The van der Waals surface area contributed by atoms with Gasteiger partial charge in [-0.3, -0.25) is 9.59 Å². The van der Waals surface area contributed by atoms with Crippen LogP contribution in [0.15, 0.2) is 0 Å². The highest BCUT2D eigenvalue weighted by Gasteiger charge is 2.50. The third-order valence-corrected chi connectivity index (χ3v) is 4.12. The third-order valence-electron chi connectivity index (χ3n) is 4.12. The number of amides is 2. The molecule has 19 heavy (non-hydrogen) atoms. The van der Waals surface area contributed by atoms with E-state index < -0.39 is 11.6 Å². The zero-order chi connectivity index (χ0) is 14.0. The molecule has 108 valence electrons. The molecule has 1 aliphatic carbocycles. The van der Waals surface area contributed by atoms with Gasteiger partial charge in [0.25, 0.3) is 0 Å². The number of nitrogens with one attached hydrogen (secondary N) is 1. The van der Waals surface area contributed by atoms with Crippen LogP contribution in [-0.4, -0.2) is 47.6 Å². The molecule has 1 aliphatic heterocycles. The summed E-state index contributed by atoms with van der Waals surface area (Å²) in [5.41, 5.74) is -0.624. The van der Waals surface area contributed by atoms with Crippen molar-refractivity contribution in [1.29, 1.82) is 0 Å². The maximum absolute atomic E-state index is 12.6. The fourth-order valence-electron chi connectivity index (χ4n) is 2.99. The van der Waals surface area contributed by atoms with E-state index in [9.17, 15) is 9.59 Å². The first-order chi connectivity index (χ1) is 8.96. The van der Waals surface area contributed by atoms with E-state index in [-0.39, 0.29) is 17.9 Å². The summed E-state index contributed by atoms with van der Waals surface area (Å²) in [6.07, 6.45) is 3.70. The second-order valence-electron chi connectivity index (χ2n) is 5.87. The van der Waals surface area contributed by atoms with Gasteiger partial charge in [0, 0.05) is 6.54 Å². The number of hydrogen-bond donors (Lipinski definition) is 1. The quantitative estimate of drug-likeness (QED) is 0.829. The van der Waals surface area contributed by atoms with Crippen molar-refractivity contribution >= 4 is 11.8 Å². The number of nitrogens with zero attached hydrogens (tertiary/aromatic N) is 1. The van der Waals surface area contributed by atoms with Crippen LogP contribution < -0.4 is 5.32 Å². The molecule has 0 aromatic rings. The minimum absolute atomic E-state index is 0.0361. The zero-order valence-corrected chi connectivity index (χ0v) is 12.1. The van der Waals surface area contributed by atoms with E-state index in [0.717, 1.165) is 25.7 Å². The van der Waals surface area contributed by atoms with Gasteiger partial charge >= 0.3 is 0 Å². The van der Waals surface area contributed by atoms with Crippen molar-refractivity contribution in [1.82, 2.24) is 10.2 Å². The average molecular weight is 268 g/mol. The van der Waals surface area contributed by atoms with Crippen LogP contribution in [0.4, 0.5) is 0 Å². The molecule has 1 saturated carbocycles. The lowest BCUT2D eigenvalue weighted by molar-refractivity contribution is -0.155. The lowest BCUT2D eigenvalue weighted by atomic mass is 9.91. The molecule has 0 aromatic heterocycles. The Kier molecular flexibility index (Phi) is 4.13. The van der Waals surface area contributed by atoms with Gasteiger partial charge in [-0.1, -0.05) is 12.8 Å². The van der Waals surface area contributed by atoms with Gasteiger partial charge in [-0.05, 0) is 33.6 Å². The molecule has 2 rings (SSSR count). The van der Waals surface area contributed by atoms with E-state index in [1.165, 1.54) is 0 Å². The van der Waals surface area contributed by atoms with Gasteiger partial charge in [-0.25, -0.2) is 0 Å². The minimum Gasteiger partial charge on any atom is -0.377 e. The molecule has 1 spiro atoms. The van der Waals surface area contributed by atoms with Crippen molar-refractivity contribution in [2.24, 2.45) is 0 Å². The molecule has 5 heteroatoms. The summed E-state index contributed by atoms with van der Waals surface area (Å²) < 4.78 is 5.50. The van der Waals surface area contributed by atoms with Gasteiger partial charge < -0.3 is 15.0 Å². The lowest BCUT2D eigenvalue weighted by Crippen LogP contribution is -2.69. The summed E-state index contributed by atoms with van der Waals surface area (Å²) in [6, 6.07) is -0.394. The maximum Gasteiger partial charge on any atom is 0.249 e. The van der Waals surface area contributed by atoms with Crippen LogP contribution in [0.1, 0.15) is 46.5 Å². The molecular weight excluding hydrogens is 244 g/mol. The van der Waals surface area contributed by atoms with E-state index >= 15 is 0 Å². The summed E-state index contributed by atoms with van der Waals surface area (Å²) in [6.45, 7) is 6.69. The number of hydrogen-bond acceptors (Lipinski definition) is 3. The van der Waals surface area contributed by atoms with Crippen molar-refractivity contribution in [3.8, 4) is 0 Å². The van der Waals surface area contributed by atoms with E-state index in [1.54, 1.807) is 11.8 Å². The van der Waals surface area contributed by atoms with Gasteiger partial charge in [0.05, 0.1) is 12.7 Å². The van der Waals surface area contributed by atoms with Crippen molar-refractivity contribution in [3.05, 3.63) is 0 Å². The highest BCUT2D eigenvalue weighted by Crippen LogP contribution is 2.34. The number of carbonyl (C=O) groups excluding carboxylic acids is 2. The number of carbonyl (C=O) groups is 2. The Labute approximate surface area is 114 Å². The van der Waals surface area contributed by atoms with Crippen LogP contribution in [0.5, 0.6) is 0 Å². The Morgan fingerprint density at radius 1 is 1.37 bits per heavy atom. The monoisotopic (exact) mass is 268 g/mol. The van der Waals surface area contributed by atoms with Crippen molar-refractivity contribution in [2.45, 2.75) is 64.1 Å². The molecule has 2 fully saturated rings. The number of ether oxygens (including phenoxy) is 1. The Bertz CT molecular complexity index is 362. The molecule has 1 saturated heterocycles. The first-order valence-electron chi connectivity index (χ1n) is 7.21. The molecule has 1 heterocycles. The van der Waals surface area contributed by atoms with E-state index in [1.807, 2.05) is 13.8 Å². The molecule has 0 aromatic carbocycles. The largest absolute Gasteiger partial charge is 0.377 e. The molecule has 2 aliphatic rings. The van der Waals surface area contributed by atoms with Crippen LogP contribution >= 0.6 is 0 Å². The molecule has 0 radical (unpaired) electrons. The Balaban J connectivity index is 2.06. The molecule has 1 N–H and O–H groups in total. The highest BCUT2D eigenvalue weighted by molar-refractivity contribution is 5.99. The van der Waals surface area contributed by atoms with Crippen molar-refractivity contribution < 1.29 is 14.3 Å². The molecule has 1 atom stereocenters. The molecule has 1 unspecified atom stereocenters. The van der Waals surface area contributed by atoms with E-state index in [2.05, 4.69) is 5.32 Å². The SMILES string of the molecule is CC(C)OCCN1C(=O)C2(CCCC2)NC(=O)C1C. The van der Waals surface area contributed by atoms with E-state index in [4.69, 9.17) is 4.74 Å². The topological polar surface area (TPSA) is 58.6 Å². The molecular formula is C14H24N2O3. The standard InChI is InChI=1S/C14H24N2O3/c1-10(2)19-9-8-16-11(3)12(17)15-14(13(16)18)6-4-5-7-14/h10-11H,4-9H2,1-3H3,(H,15,17). The van der Waals surface area contributed by atoms with Gasteiger partial charge in [0.2, 0.25) is 11.8 Å². The fraction of sp³-hybridized carbons (Fsp3) is 0.857. The van der Waals surface area contributed by atoms with Crippen LogP contribution in [0.2, 0.25) is 0 Å². The summed E-state index contributed by atoms with van der Waals surface area (Å²) in [7, 11) is 0. The van der Waals surface area contributed by atoms with Gasteiger partial charge in [0.15, 0.2) is 0 Å². The van der Waals surface area contributed by atoms with Crippen molar-refractivity contribution in [2.75, 3.05) is 13.2 Å². The molecule has 5 nitrogen and oxygen atoms in total. The predicted molar refractivity (Wildman–Crippen MR) is 71.6 cm³/mol. The number of piperazine rings is 1.